The van der Waals surface area contributed by atoms with Gasteiger partial charge in [0.05, 0.1) is 18.3 Å². The number of aliphatic hydroxyl groups excluding tert-OH is 2. The highest BCUT2D eigenvalue weighted by Gasteiger charge is 2.64. The van der Waals surface area contributed by atoms with Crippen LogP contribution in [0.1, 0.15) is 40.0 Å². The quantitative estimate of drug-likeness (QED) is 0.379. The molecule has 1 heterocycles. The minimum atomic E-state index is -1.33. The number of esters is 2. The number of allylic oxidation sites excluding steroid dienone is 1. The largest absolute Gasteiger partial charge is 0.515 e. The molecule has 0 spiro atoms. The van der Waals surface area contributed by atoms with Gasteiger partial charge in [0.15, 0.2) is 5.76 Å². The fourth-order valence-corrected chi connectivity index (χ4v) is 6.08. The number of ether oxygens (including phenoxy) is 3. The summed E-state index contributed by atoms with van der Waals surface area (Å²) in [7, 11) is 1.41. The van der Waals surface area contributed by atoms with Crippen molar-refractivity contribution in [2.45, 2.75) is 52.2 Å². The molecule has 0 bridgehead atoms. The van der Waals surface area contributed by atoms with Gasteiger partial charge in [-0.05, 0) is 18.9 Å². The predicted octanol–water partition coefficient (Wildman–Crippen LogP) is 2.02. The SMILES string of the molecule is COCC1OC(=O)C(=CO)C2=C(O)C(=O)C3=C(C(OC(C)=O)CC4(C)C(=O)CCC34)C21C. The topological polar surface area (TPSA) is 136 Å². The third-order valence-electron chi connectivity index (χ3n) is 7.55. The lowest BCUT2D eigenvalue weighted by molar-refractivity contribution is -0.160. The van der Waals surface area contributed by atoms with Crippen molar-refractivity contribution in [3.05, 3.63) is 34.3 Å². The number of fused-ring (bicyclic) bond motifs is 4. The number of hydrogen-bond donors (Lipinski definition) is 2. The highest BCUT2D eigenvalue weighted by Crippen LogP contribution is 2.62. The molecule has 5 unspecified atom stereocenters. The van der Waals surface area contributed by atoms with Crippen molar-refractivity contribution in [1.29, 1.82) is 0 Å². The van der Waals surface area contributed by atoms with E-state index in [4.69, 9.17) is 14.2 Å². The van der Waals surface area contributed by atoms with Crippen molar-refractivity contribution < 1.29 is 43.6 Å². The van der Waals surface area contributed by atoms with Crippen molar-refractivity contribution in [3.8, 4) is 0 Å². The summed E-state index contributed by atoms with van der Waals surface area (Å²) in [5.74, 6) is -3.44. The van der Waals surface area contributed by atoms with Gasteiger partial charge in [-0.25, -0.2) is 4.79 Å². The summed E-state index contributed by atoms with van der Waals surface area (Å²) < 4.78 is 16.5. The van der Waals surface area contributed by atoms with Crippen LogP contribution in [-0.2, 0) is 33.4 Å². The van der Waals surface area contributed by atoms with E-state index in [1.165, 1.54) is 14.0 Å². The Labute approximate surface area is 184 Å². The first-order valence-corrected chi connectivity index (χ1v) is 10.5. The summed E-state index contributed by atoms with van der Waals surface area (Å²) in [6.45, 7) is 4.58. The van der Waals surface area contributed by atoms with Crippen molar-refractivity contribution in [1.82, 2.24) is 0 Å². The van der Waals surface area contributed by atoms with Gasteiger partial charge in [-0.15, -0.1) is 0 Å². The molecule has 0 aromatic rings. The van der Waals surface area contributed by atoms with E-state index in [1.54, 1.807) is 13.8 Å². The van der Waals surface area contributed by atoms with Crippen LogP contribution in [0.4, 0.5) is 0 Å². The molecule has 1 saturated heterocycles. The van der Waals surface area contributed by atoms with E-state index in [0.717, 1.165) is 0 Å². The molecule has 0 amide bonds. The van der Waals surface area contributed by atoms with Crippen LogP contribution in [0.3, 0.4) is 0 Å². The van der Waals surface area contributed by atoms with E-state index in [2.05, 4.69) is 0 Å². The Hall–Kier alpha value is -2.94. The van der Waals surface area contributed by atoms with Crippen molar-refractivity contribution >= 4 is 23.5 Å². The molecule has 5 atom stereocenters. The number of aliphatic hydroxyl groups is 2. The lowest BCUT2D eigenvalue weighted by Crippen LogP contribution is -2.56. The maximum atomic E-state index is 13.5. The molecule has 172 valence electrons. The molecular weight excluding hydrogens is 420 g/mol. The number of cyclic esters (lactones) is 1. The van der Waals surface area contributed by atoms with E-state index in [9.17, 15) is 29.4 Å². The number of Topliss-reactive ketones (excluding diaryl/α,β-unsaturated/α-hetero) is 2. The first kappa shape index (κ1) is 22.3. The molecule has 32 heavy (non-hydrogen) atoms. The Kier molecular flexibility index (Phi) is 5.08. The highest BCUT2D eigenvalue weighted by molar-refractivity contribution is 6.13. The van der Waals surface area contributed by atoms with Crippen LogP contribution in [0.5, 0.6) is 0 Å². The molecule has 0 aromatic heterocycles. The van der Waals surface area contributed by atoms with E-state index in [1.807, 2.05) is 0 Å². The summed E-state index contributed by atoms with van der Waals surface area (Å²) in [5.41, 5.74) is -2.10. The van der Waals surface area contributed by atoms with Crippen molar-refractivity contribution in [2.24, 2.45) is 16.7 Å². The zero-order chi connectivity index (χ0) is 23.6. The van der Waals surface area contributed by atoms with Crippen LogP contribution in [-0.4, -0.2) is 59.6 Å². The smallest absolute Gasteiger partial charge is 0.342 e. The number of carbonyl (C=O) groups is 4. The Morgan fingerprint density at radius 3 is 2.56 bits per heavy atom. The Balaban J connectivity index is 2.04. The molecule has 4 rings (SSSR count). The van der Waals surface area contributed by atoms with Gasteiger partial charge < -0.3 is 24.4 Å². The standard InChI is InChI=1S/C23H26O9/c1-10(25)31-13-7-22(2)12(5-6-14(22)26)16-18(13)23(3)15(9-30-4)32-21(29)11(8-24)17(23)20(28)19(16)27/h8,12-13,15,24,28H,5-7,9H2,1-4H3. The Morgan fingerprint density at radius 1 is 1.28 bits per heavy atom. The minimum absolute atomic E-state index is 0.0297. The minimum Gasteiger partial charge on any atom is -0.515 e. The zero-order valence-corrected chi connectivity index (χ0v) is 18.4. The monoisotopic (exact) mass is 446 g/mol. The summed E-state index contributed by atoms with van der Waals surface area (Å²) in [4.78, 5) is 50.9. The second-order valence-corrected chi connectivity index (χ2v) is 9.21. The van der Waals surface area contributed by atoms with Gasteiger partial charge in [-0.3, -0.25) is 14.4 Å². The molecule has 3 aliphatic carbocycles. The highest BCUT2D eigenvalue weighted by atomic mass is 16.6. The average Bonchev–Trinajstić information content (AvgIpc) is 3.01. The lowest BCUT2D eigenvalue weighted by atomic mass is 9.53. The van der Waals surface area contributed by atoms with Crippen LogP contribution in [0.2, 0.25) is 0 Å². The molecule has 9 nitrogen and oxygen atoms in total. The normalized spacial score (nSPS) is 37.8. The molecule has 1 saturated carbocycles. The average molecular weight is 446 g/mol. The number of rotatable bonds is 3. The Morgan fingerprint density at radius 2 is 1.97 bits per heavy atom. The molecular formula is C23H26O9. The number of ketones is 2. The molecule has 0 radical (unpaired) electrons. The van der Waals surface area contributed by atoms with Crippen LogP contribution in [0.15, 0.2) is 34.3 Å². The lowest BCUT2D eigenvalue weighted by Gasteiger charge is -2.53. The van der Waals surface area contributed by atoms with Crippen LogP contribution in [0.25, 0.3) is 0 Å². The van der Waals surface area contributed by atoms with Gasteiger partial charge in [0.1, 0.15) is 23.6 Å². The molecule has 2 N–H and O–H groups in total. The Bertz CT molecular complexity index is 1030. The molecule has 1 aliphatic heterocycles. The fourth-order valence-electron chi connectivity index (χ4n) is 6.08. The number of methoxy groups -OCH3 is 1. The first-order chi connectivity index (χ1) is 15.0. The predicted molar refractivity (Wildman–Crippen MR) is 108 cm³/mol. The van der Waals surface area contributed by atoms with E-state index in [-0.39, 0.29) is 42.0 Å². The summed E-state index contributed by atoms with van der Waals surface area (Å²) in [6.07, 6.45) is -0.580. The second-order valence-electron chi connectivity index (χ2n) is 9.21. The molecule has 9 heteroatoms. The summed E-state index contributed by atoms with van der Waals surface area (Å²) >= 11 is 0. The van der Waals surface area contributed by atoms with Gasteiger partial charge >= 0.3 is 11.9 Å². The van der Waals surface area contributed by atoms with Gasteiger partial charge in [0, 0.05) is 49.4 Å². The first-order valence-electron chi connectivity index (χ1n) is 10.5. The van der Waals surface area contributed by atoms with Gasteiger partial charge in [-0.2, -0.15) is 0 Å². The third-order valence-corrected chi connectivity index (χ3v) is 7.55. The fraction of sp³-hybridized carbons (Fsp3) is 0.565. The van der Waals surface area contributed by atoms with Gasteiger partial charge in [-0.1, -0.05) is 6.92 Å². The molecule has 4 aliphatic rings. The van der Waals surface area contributed by atoms with Gasteiger partial charge in [0.2, 0.25) is 5.78 Å². The van der Waals surface area contributed by atoms with Crippen molar-refractivity contribution in [2.75, 3.05) is 13.7 Å². The summed E-state index contributed by atoms with van der Waals surface area (Å²) in [6, 6.07) is 0. The maximum Gasteiger partial charge on any atom is 0.342 e. The maximum absolute atomic E-state index is 13.5. The van der Waals surface area contributed by atoms with Crippen LogP contribution in [0, 0.1) is 16.7 Å². The van der Waals surface area contributed by atoms with E-state index in [0.29, 0.717) is 18.3 Å². The van der Waals surface area contributed by atoms with E-state index >= 15 is 0 Å². The van der Waals surface area contributed by atoms with E-state index < -0.39 is 52.4 Å². The zero-order valence-electron chi connectivity index (χ0n) is 18.4. The second kappa shape index (κ2) is 7.30. The summed E-state index contributed by atoms with van der Waals surface area (Å²) in [5, 5.41) is 20.8. The molecule has 2 fully saturated rings. The van der Waals surface area contributed by atoms with Crippen LogP contribution < -0.4 is 0 Å². The van der Waals surface area contributed by atoms with Crippen LogP contribution >= 0.6 is 0 Å². The van der Waals surface area contributed by atoms with Gasteiger partial charge in [0.25, 0.3) is 0 Å². The van der Waals surface area contributed by atoms with Crippen molar-refractivity contribution in [3.63, 3.8) is 0 Å². The number of carbonyl (C=O) groups excluding carboxylic acids is 4. The third kappa shape index (κ3) is 2.73. The number of hydrogen-bond acceptors (Lipinski definition) is 9. The molecule has 0 aromatic carbocycles.